The van der Waals surface area contributed by atoms with Crippen LogP contribution < -0.4 is 5.73 Å². The van der Waals surface area contributed by atoms with Crippen LogP contribution in [0, 0.1) is 0 Å². The number of halogens is 1. The van der Waals surface area contributed by atoms with Crippen LogP contribution in [0.1, 0.15) is 30.1 Å². The first-order chi connectivity index (χ1) is 6.25. The molecule has 1 aromatic carbocycles. The smallest absolute Gasteiger partial charge is 0.179 e. The number of carbonyl (C=O) groups is 1. The van der Waals surface area contributed by atoms with Gasteiger partial charge in [-0.3, -0.25) is 4.79 Å². The zero-order valence-corrected chi connectivity index (χ0v) is 9.09. The molecule has 0 aliphatic carbocycles. The summed E-state index contributed by atoms with van der Waals surface area (Å²) in [6.07, 6.45) is 1.70. The molecule has 3 heteroatoms. The normalized spacial score (nSPS) is 11.6. The predicted octanol–water partition coefficient (Wildman–Crippen LogP) is 2.42. The van der Waals surface area contributed by atoms with Crippen molar-refractivity contribution in [1.29, 1.82) is 0 Å². The van der Waals surface area contributed by atoms with E-state index in [2.05, 4.69) is 0 Å². The molecule has 1 rings (SSSR count). The Balaban J connectivity index is 0.00000169. The van der Waals surface area contributed by atoms with Crippen LogP contribution >= 0.6 is 12.4 Å². The number of carbonyl (C=O) groups excluding carboxylic acids is 1. The lowest BCUT2D eigenvalue weighted by Crippen LogP contribution is -2.30. The molecule has 2 N–H and O–H groups in total. The van der Waals surface area contributed by atoms with Crippen molar-refractivity contribution in [2.45, 2.75) is 25.8 Å². The molecule has 0 saturated heterocycles. The van der Waals surface area contributed by atoms with Crippen LogP contribution in [0.25, 0.3) is 0 Å². The van der Waals surface area contributed by atoms with E-state index >= 15 is 0 Å². The van der Waals surface area contributed by atoms with Crippen LogP contribution in [-0.4, -0.2) is 11.8 Å². The first-order valence-corrected chi connectivity index (χ1v) is 4.60. The molecular weight excluding hydrogens is 198 g/mol. The number of rotatable bonds is 4. The highest BCUT2D eigenvalue weighted by molar-refractivity contribution is 5.99. The summed E-state index contributed by atoms with van der Waals surface area (Å²) in [5.74, 6) is 0.0439. The van der Waals surface area contributed by atoms with E-state index in [1.165, 1.54) is 0 Å². The minimum absolute atomic E-state index is 0. The summed E-state index contributed by atoms with van der Waals surface area (Å²) >= 11 is 0. The third-order valence-corrected chi connectivity index (χ3v) is 1.99. The highest BCUT2D eigenvalue weighted by Crippen LogP contribution is 2.05. The van der Waals surface area contributed by atoms with Gasteiger partial charge >= 0.3 is 0 Å². The van der Waals surface area contributed by atoms with Crippen molar-refractivity contribution in [3.63, 3.8) is 0 Å². The van der Waals surface area contributed by atoms with Gasteiger partial charge in [-0.1, -0.05) is 43.7 Å². The molecule has 0 aliphatic heterocycles. The lowest BCUT2D eigenvalue weighted by molar-refractivity contribution is 0.0957. The summed E-state index contributed by atoms with van der Waals surface area (Å²) in [5.41, 5.74) is 6.42. The van der Waals surface area contributed by atoms with E-state index in [4.69, 9.17) is 5.73 Å². The van der Waals surface area contributed by atoms with Crippen LogP contribution in [0.4, 0.5) is 0 Å². The van der Waals surface area contributed by atoms with Crippen molar-refractivity contribution < 1.29 is 4.79 Å². The summed E-state index contributed by atoms with van der Waals surface area (Å²) in [7, 11) is 0. The molecule has 0 heterocycles. The van der Waals surface area contributed by atoms with Gasteiger partial charge in [0, 0.05) is 5.56 Å². The van der Waals surface area contributed by atoms with Gasteiger partial charge in [0.2, 0.25) is 0 Å². The van der Waals surface area contributed by atoms with Crippen molar-refractivity contribution in [3.8, 4) is 0 Å². The molecule has 0 bridgehead atoms. The molecule has 0 radical (unpaired) electrons. The molecule has 0 aliphatic rings. The minimum Gasteiger partial charge on any atom is -0.321 e. The number of Topliss-reactive ketones (excluding diaryl/α,β-unsaturated/α-hetero) is 1. The predicted molar refractivity (Wildman–Crippen MR) is 60.9 cm³/mol. The molecule has 0 aromatic heterocycles. The Hall–Kier alpha value is -0.860. The third-order valence-electron chi connectivity index (χ3n) is 1.99. The second kappa shape index (κ2) is 6.57. The SMILES string of the molecule is CCCC(N)C(=O)c1ccccc1.Cl. The van der Waals surface area contributed by atoms with E-state index in [1.807, 2.05) is 25.1 Å². The lowest BCUT2D eigenvalue weighted by Gasteiger charge is -2.08. The van der Waals surface area contributed by atoms with Crippen LogP contribution in [0.15, 0.2) is 30.3 Å². The monoisotopic (exact) mass is 213 g/mol. The van der Waals surface area contributed by atoms with E-state index < -0.39 is 0 Å². The first-order valence-electron chi connectivity index (χ1n) is 4.60. The van der Waals surface area contributed by atoms with E-state index in [1.54, 1.807) is 12.1 Å². The summed E-state index contributed by atoms with van der Waals surface area (Å²) in [6, 6.07) is 8.86. The van der Waals surface area contributed by atoms with Crippen LogP contribution in [0.2, 0.25) is 0 Å². The van der Waals surface area contributed by atoms with E-state index in [-0.39, 0.29) is 24.2 Å². The Labute approximate surface area is 90.9 Å². The lowest BCUT2D eigenvalue weighted by atomic mass is 10.0. The first kappa shape index (κ1) is 13.1. The Kier molecular flexibility index (Phi) is 6.17. The largest absolute Gasteiger partial charge is 0.321 e. The Bertz CT molecular complexity index is 274. The fraction of sp³-hybridized carbons (Fsp3) is 0.364. The van der Waals surface area contributed by atoms with E-state index in [0.717, 1.165) is 12.8 Å². The number of ketones is 1. The maximum absolute atomic E-state index is 11.6. The van der Waals surface area contributed by atoms with Crippen molar-refractivity contribution in [2.24, 2.45) is 5.73 Å². The highest BCUT2D eigenvalue weighted by Gasteiger charge is 2.13. The van der Waals surface area contributed by atoms with E-state index in [9.17, 15) is 4.79 Å². The Morgan fingerprint density at radius 2 is 1.93 bits per heavy atom. The Morgan fingerprint density at radius 1 is 1.36 bits per heavy atom. The fourth-order valence-corrected chi connectivity index (χ4v) is 1.26. The van der Waals surface area contributed by atoms with Gasteiger partial charge in [-0.15, -0.1) is 12.4 Å². The van der Waals surface area contributed by atoms with E-state index in [0.29, 0.717) is 5.56 Å². The highest BCUT2D eigenvalue weighted by atomic mass is 35.5. The average Bonchev–Trinajstić information content (AvgIpc) is 2.18. The molecule has 78 valence electrons. The Morgan fingerprint density at radius 3 is 2.43 bits per heavy atom. The topological polar surface area (TPSA) is 43.1 Å². The quantitative estimate of drug-likeness (QED) is 0.781. The summed E-state index contributed by atoms with van der Waals surface area (Å²) in [4.78, 5) is 11.6. The van der Waals surface area contributed by atoms with Gasteiger partial charge in [0.15, 0.2) is 5.78 Å². The third kappa shape index (κ3) is 3.48. The van der Waals surface area contributed by atoms with Gasteiger partial charge in [0.25, 0.3) is 0 Å². The van der Waals surface area contributed by atoms with Crippen LogP contribution in [-0.2, 0) is 0 Å². The molecule has 1 unspecified atom stereocenters. The average molecular weight is 214 g/mol. The van der Waals surface area contributed by atoms with Gasteiger partial charge < -0.3 is 5.73 Å². The zero-order chi connectivity index (χ0) is 9.68. The van der Waals surface area contributed by atoms with Gasteiger partial charge in [-0.25, -0.2) is 0 Å². The molecule has 0 saturated carbocycles. The summed E-state index contributed by atoms with van der Waals surface area (Å²) in [5, 5.41) is 0. The molecule has 14 heavy (non-hydrogen) atoms. The second-order valence-electron chi connectivity index (χ2n) is 3.13. The second-order valence-corrected chi connectivity index (χ2v) is 3.13. The number of nitrogens with two attached hydrogens (primary N) is 1. The maximum atomic E-state index is 11.6. The number of hydrogen-bond acceptors (Lipinski definition) is 2. The fourth-order valence-electron chi connectivity index (χ4n) is 1.26. The standard InChI is InChI=1S/C11H15NO.ClH/c1-2-6-10(12)11(13)9-7-4-3-5-8-9;/h3-5,7-8,10H,2,6,12H2,1H3;1H. The molecular formula is C11H16ClNO. The number of benzene rings is 1. The van der Waals surface area contributed by atoms with Gasteiger partial charge in [-0.05, 0) is 6.42 Å². The van der Waals surface area contributed by atoms with Crippen molar-refractivity contribution in [2.75, 3.05) is 0 Å². The maximum Gasteiger partial charge on any atom is 0.179 e. The minimum atomic E-state index is -0.340. The van der Waals surface area contributed by atoms with Crippen LogP contribution in [0.5, 0.6) is 0 Å². The zero-order valence-electron chi connectivity index (χ0n) is 8.27. The summed E-state index contributed by atoms with van der Waals surface area (Å²) < 4.78 is 0. The van der Waals surface area contributed by atoms with Gasteiger partial charge in [0.1, 0.15) is 0 Å². The molecule has 0 fully saturated rings. The van der Waals surface area contributed by atoms with Crippen molar-refractivity contribution in [3.05, 3.63) is 35.9 Å². The molecule has 2 nitrogen and oxygen atoms in total. The molecule has 1 atom stereocenters. The molecule has 1 aromatic rings. The summed E-state index contributed by atoms with van der Waals surface area (Å²) in [6.45, 7) is 2.03. The van der Waals surface area contributed by atoms with Crippen LogP contribution in [0.3, 0.4) is 0 Å². The molecule has 0 amide bonds. The van der Waals surface area contributed by atoms with Crippen molar-refractivity contribution >= 4 is 18.2 Å². The molecule has 0 spiro atoms. The number of hydrogen-bond donors (Lipinski definition) is 1. The van der Waals surface area contributed by atoms with Gasteiger partial charge in [-0.2, -0.15) is 0 Å². The van der Waals surface area contributed by atoms with Gasteiger partial charge in [0.05, 0.1) is 6.04 Å². The van der Waals surface area contributed by atoms with Crippen molar-refractivity contribution in [1.82, 2.24) is 0 Å².